The maximum absolute atomic E-state index is 5.73. The Hall–Kier alpha value is -0.163. The fourth-order valence-electron chi connectivity index (χ4n) is 1.83. The molecule has 17 heavy (non-hydrogen) atoms. The van der Waals surface area contributed by atoms with Crippen molar-refractivity contribution in [3.63, 3.8) is 0 Å². The van der Waals surface area contributed by atoms with Crippen LogP contribution in [0.2, 0.25) is 6.04 Å². The van der Waals surface area contributed by atoms with Crippen LogP contribution in [0.5, 0.6) is 0 Å². The van der Waals surface area contributed by atoms with Gasteiger partial charge >= 0.3 is 8.80 Å². The minimum absolute atomic E-state index is 0.663. The quantitative estimate of drug-likeness (QED) is 0.304. The normalized spacial score (nSPS) is 11.7. The minimum Gasteiger partial charge on any atom is -0.377 e. The van der Waals surface area contributed by atoms with Crippen LogP contribution >= 0.6 is 0 Å². The summed E-state index contributed by atoms with van der Waals surface area (Å²) < 4.78 is 17.0. The third kappa shape index (κ3) is 7.71. The van der Waals surface area contributed by atoms with Crippen molar-refractivity contribution in [2.45, 2.75) is 52.0 Å². The molecule has 0 N–H and O–H groups in total. The molecular weight excluding hydrogens is 232 g/mol. The third-order valence-corrected chi connectivity index (χ3v) is 5.73. The molecule has 0 saturated carbocycles. The predicted octanol–water partition coefficient (Wildman–Crippen LogP) is 3.78. The van der Waals surface area contributed by atoms with Gasteiger partial charge in [-0.15, -0.1) is 6.58 Å². The highest BCUT2D eigenvalue weighted by atomic mass is 28.4. The Morgan fingerprint density at radius 1 is 1.00 bits per heavy atom. The van der Waals surface area contributed by atoms with Crippen molar-refractivity contribution in [2.24, 2.45) is 0 Å². The predicted molar refractivity (Wildman–Crippen MR) is 74.1 cm³/mol. The van der Waals surface area contributed by atoms with Gasteiger partial charge in [0.05, 0.1) is 0 Å². The topological polar surface area (TPSA) is 27.7 Å². The smallest absolute Gasteiger partial charge is 0.377 e. The lowest BCUT2D eigenvalue weighted by atomic mass is 10.1. The molecule has 0 saturated heterocycles. The summed E-state index contributed by atoms with van der Waals surface area (Å²) in [6, 6.07) is 0.930. The summed E-state index contributed by atoms with van der Waals surface area (Å²) in [6.45, 7) is 9.03. The van der Waals surface area contributed by atoms with Gasteiger partial charge in [0.1, 0.15) is 0 Å². The highest BCUT2D eigenvalue weighted by Gasteiger charge is 2.38. The lowest BCUT2D eigenvalue weighted by Crippen LogP contribution is -2.44. The Balaban J connectivity index is 3.85. The Morgan fingerprint density at radius 2 is 1.59 bits per heavy atom. The van der Waals surface area contributed by atoms with E-state index in [2.05, 4.69) is 6.58 Å². The van der Waals surface area contributed by atoms with Crippen molar-refractivity contribution in [3.05, 3.63) is 12.7 Å². The van der Waals surface area contributed by atoms with E-state index >= 15 is 0 Å². The second-order valence-corrected chi connectivity index (χ2v) is 6.85. The second-order valence-electron chi connectivity index (χ2n) is 3.99. The Kier molecular flexibility index (Phi) is 10.9. The van der Waals surface area contributed by atoms with E-state index < -0.39 is 8.80 Å². The Morgan fingerprint density at radius 3 is 2.06 bits per heavy atom. The van der Waals surface area contributed by atoms with Crippen molar-refractivity contribution in [2.75, 3.05) is 20.3 Å². The summed E-state index contributed by atoms with van der Waals surface area (Å²) in [7, 11) is -0.655. The molecular formula is C13H28O3Si. The molecule has 0 heterocycles. The monoisotopic (exact) mass is 260 g/mol. The molecule has 0 aromatic rings. The van der Waals surface area contributed by atoms with Crippen LogP contribution in [0.4, 0.5) is 0 Å². The number of rotatable bonds is 12. The van der Waals surface area contributed by atoms with Crippen LogP contribution in [0, 0.1) is 0 Å². The van der Waals surface area contributed by atoms with E-state index in [-0.39, 0.29) is 0 Å². The van der Waals surface area contributed by atoms with Gasteiger partial charge < -0.3 is 13.3 Å². The summed E-state index contributed by atoms with van der Waals surface area (Å²) in [5.74, 6) is 0. The molecule has 3 nitrogen and oxygen atoms in total. The minimum atomic E-state index is -2.36. The van der Waals surface area contributed by atoms with E-state index in [1.165, 1.54) is 19.3 Å². The summed E-state index contributed by atoms with van der Waals surface area (Å²) in [6.07, 6.45) is 7.91. The molecule has 0 aliphatic heterocycles. The summed E-state index contributed by atoms with van der Waals surface area (Å²) >= 11 is 0. The van der Waals surface area contributed by atoms with Gasteiger partial charge in [0.2, 0.25) is 0 Å². The van der Waals surface area contributed by atoms with Crippen LogP contribution in [-0.2, 0) is 13.3 Å². The van der Waals surface area contributed by atoms with E-state index in [1.54, 1.807) is 7.11 Å². The molecule has 0 radical (unpaired) electrons. The first-order chi connectivity index (χ1) is 8.24. The first kappa shape index (κ1) is 16.8. The van der Waals surface area contributed by atoms with Crippen LogP contribution in [0.25, 0.3) is 0 Å². The maximum atomic E-state index is 5.73. The van der Waals surface area contributed by atoms with Gasteiger partial charge in [-0.25, -0.2) is 0 Å². The van der Waals surface area contributed by atoms with Crippen molar-refractivity contribution in [3.8, 4) is 0 Å². The summed E-state index contributed by atoms with van der Waals surface area (Å²) in [5, 5.41) is 0. The fraction of sp³-hybridized carbons (Fsp3) is 0.846. The lowest BCUT2D eigenvalue weighted by molar-refractivity contribution is 0.0859. The Bertz CT molecular complexity index is 180. The molecule has 102 valence electrons. The van der Waals surface area contributed by atoms with Gasteiger partial charge in [-0.1, -0.05) is 18.9 Å². The third-order valence-electron chi connectivity index (χ3n) is 2.68. The van der Waals surface area contributed by atoms with E-state index in [0.29, 0.717) is 13.2 Å². The highest BCUT2D eigenvalue weighted by molar-refractivity contribution is 6.60. The number of allylic oxidation sites excluding steroid dienone is 1. The van der Waals surface area contributed by atoms with Gasteiger partial charge in [-0.3, -0.25) is 0 Å². The zero-order chi connectivity index (χ0) is 13.0. The van der Waals surface area contributed by atoms with Crippen LogP contribution in [0.1, 0.15) is 46.0 Å². The molecule has 0 aliphatic carbocycles. The fourth-order valence-corrected chi connectivity index (χ4v) is 4.20. The zero-order valence-corrected chi connectivity index (χ0v) is 12.7. The highest BCUT2D eigenvalue weighted by Crippen LogP contribution is 2.19. The molecule has 0 fully saturated rings. The van der Waals surface area contributed by atoms with E-state index in [1.807, 2.05) is 19.9 Å². The molecule has 0 atom stereocenters. The van der Waals surface area contributed by atoms with Crippen LogP contribution in [0.3, 0.4) is 0 Å². The first-order valence-electron chi connectivity index (χ1n) is 6.68. The molecule has 0 aliphatic rings. The first-order valence-corrected chi connectivity index (χ1v) is 8.61. The van der Waals surface area contributed by atoms with Crippen molar-refractivity contribution in [1.82, 2.24) is 0 Å². The average Bonchev–Trinajstić information content (AvgIpc) is 2.34. The summed E-state index contributed by atoms with van der Waals surface area (Å²) in [4.78, 5) is 0. The largest absolute Gasteiger partial charge is 0.500 e. The van der Waals surface area contributed by atoms with E-state index in [9.17, 15) is 0 Å². The van der Waals surface area contributed by atoms with Gasteiger partial charge in [-0.2, -0.15) is 0 Å². The second kappa shape index (κ2) is 11.0. The Labute approximate surface area is 108 Å². The SMILES string of the molecule is C=CCCCCCC[Si](OC)(OCC)OCC. The van der Waals surface area contributed by atoms with Crippen molar-refractivity contribution < 1.29 is 13.3 Å². The molecule has 4 heteroatoms. The average molecular weight is 260 g/mol. The van der Waals surface area contributed by atoms with E-state index in [0.717, 1.165) is 18.9 Å². The number of hydrogen-bond acceptors (Lipinski definition) is 3. The molecule has 0 aromatic carbocycles. The van der Waals surface area contributed by atoms with Crippen LogP contribution < -0.4 is 0 Å². The van der Waals surface area contributed by atoms with Crippen LogP contribution in [0.15, 0.2) is 12.7 Å². The molecule has 0 amide bonds. The lowest BCUT2D eigenvalue weighted by Gasteiger charge is -2.27. The molecule has 0 bridgehead atoms. The van der Waals surface area contributed by atoms with Gasteiger partial charge in [-0.05, 0) is 33.1 Å². The molecule has 0 unspecified atom stereocenters. The van der Waals surface area contributed by atoms with Crippen molar-refractivity contribution >= 4 is 8.80 Å². The standard InChI is InChI=1S/C13H28O3Si/c1-5-8-9-10-11-12-13-17(14-4,15-6-2)16-7-3/h5H,1,6-13H2,2-4H3. The maximum Gasteiger partial charge on any atom is 0.500 e. The van der Waals surface area contributed by atoms with Gasteiger partial charge in [0.25, 0.3) is 0 Å². The molecule has 0 rings (SSSR count). The van der Waals surface area contributed by atoms with Crippen LogP contribution in [-0.4, -0.2) is 29.1 Å². The van der Waals surface area contributed by atoms with E-state index in [4.69, 9.17) is 13.3 Å². The molecule has 0 aromatic heterocycles. The zero-order valence-electron chi connectivity index (χ0n) is 11.7. The van der Waals surface area contributed by atoms with Gasteiger partial charge in [0, 0.05) is 26.4 Å². The summed E-state index contributed by atoms with van der Waals surface area (Å²) in [5.41, 5.74) is 0. The number of hydrogen-bond donors (Lipinski definition) is 0. The molecule has 0 spiro atoms. The van der Waals surface area contributed by atoms with Gasteiger partial charge in [0.15, 0.2) is 0 Å². The van der Waals surface area contributed by atoms with Crippen molar-refractivity contribution in [1.29, 1.82) is 0 Å². The number of unbranched alkanes of at least 4 members (excludes halogenated alkanes) is 4.